The second kappa shape index (κ2) is 6.99. The highest BCUT2D eigenvalue weighted by Crippen LogP contribution is 2.29. The third kappa shape index (κ3) is 3.46. The summed E-state index contributed by atoms with van der Waals surface area (Å²) in [4.78, 5) is 12.2. The van der Waals surface area contributed by atoms with Crippen LogP contribution in [0.4, 0.5) is 5.69 Å². The molecule has 0 spiro atoms. The quantitative estimate of drug-likeness (QED) is 0.677. The van der Waals surface area contributed by atoms with Crippen LogP contribution in [0.25, 0.3) is 6.08 Å². The molecule has 6 nitrogen and oxygen atoms in total. The zero-order valence-corrected chi connectivity index (χ0v) is 12.1. The Bertz CT molecular complexity index is 727. The summed E-state index contributed by atoms with van der Waals surface area (Å²) in [5.41, 5.74) is 0.326. The van der Waals surface area contributed by atoms with E-state index in [4.69, 9.17) is 19.2 Å². The lowest BCUT2D eigenvalue weighted by Crippen LogP contribution is -2.14. The minimum absolute atomic E-state index is 0.0835. The first kappa shape index (κ1) is 15.2. The van der Waals surface area contributed by atoms with Gasteiger partial charge in [-0.15, -0.1) is 0 Å². The van der Waals surface area contributed by atoms with Gasteiger partial charge in [0.25, 0.3) is 5.91 Å². The number of hydrogen-bond acceptors (Lipinski definition) is 5. The van der Waals surface area contributed by atoms with Crippen molar-refractivity contribution in [3.8, 4) is 17.6 Å². The number of nitrogens with zero attached hydrogens (tertiary/aromatic N) is 1. The third-order valence-electron chi connectivity index (χ3n) is 2.85. The van der Waals surface area contributed by atoms with Crippen molar-refractivity contribution in [1.82, 2.24) is 0 Å². The van der Waals surface area contributed by atoms with Crippen molar-refractivity contribution in [2.75, 3.05) is 19.5 Å². The van der Waals surface area contributed by atoms with E-state index < -0.39 is 5.91 Å². The van der Waals surface area contributed by atoms with Crippen molar-refractivity contribution in [1.29, 1.82) is 5.26 Å². The van der Waals surface area contributed by atoms with Gasteiger partial charge in [-0.3, -0.25) is 4.79 Å². The number of nitriles is 1. The molecular weight excluding hydrogens is 284 g/mol. The van der Waals surface area contributed by atoms with Gasteiger partial charge in [-0.2, -0.15) is 5.26 Å². The van der Waals surface area contributed by atoms with E-state index in [2.05, 4.69) is 5.32 Å². The molecule has 1 aromatic heterocycles. The number of benzene rings is 1. The first-order chi connectivity index (χ1) is 10.7. The third-order valence-corrected chi connectivity index (χ3v) is 2.85. The molecule has 22 heavy (non-hydrogen) atoms. The van der Waals surface area contributed by atoms with E-state index in [0.717, 1.165) is 0 Å². The SMILES string of the molecule is COc1ccc(OC)c(NC(=O)/C(C#N)=C\c2ccco2)c1. The summed E-state index contributed by atoms with van der Waals surface area (Å²) in [6.45, 7) is 0. The summed E-state index contributed by atoms with van der Waals surface area (Å²) < 4.78 is 15.4. The first-order valence-electron chi connectivity index (χ1n) is 6.36. The van der Waals surface area contributed by atoms with Crippen LogP contribution in [0.15, 0.2) is 46.6 Å². The predicted octanol–water partition coefficient (Wildman–Crippen LogP) is 2.84. The van der Waals surface area contributed by atoms with Crippen LogP contribution in [0.1, 0.15) is 5.76 Å². The van der Waals surface area contributed by atoms with Crippen molar-refractivity contribution in [2.24, 2.45) is 0 Å². The van der Waals surface area contributed by atoms with Gasteiger partial charge in [0, 0.05) is 12.1 Å². The van der Waals surface area contributed by atoms with Gasteiger partial charge in [0.05, 0.1) is 26.2 Å². The van der Waals surface area contributed by atoms with Gasteiger partial charge in [-0.25, -0.2) is 0 Å². The van der Waals surface area contributed by atoms with E-state index in [-0.39, 0.29) is 5.57 Å². The zero-order valence-electron chi connectivity index (χ0n) is 12.1. The second-order valence-electron chi connectivity index (χ2n) is 4.21. The molecular formula is C16H14N2O4. The highest BCUT2D eigenvalue weighted by atomic mass is 16.5. The first-order valence-corrected chi connectivity index (χ1v) is 6.36. The molecule has 1 N–H and O–H groups in total. The normalized spacial score (nSPS) is 10.7. The molecule has 2 aromatic rings. The maximum Gasteiger partial charge on any atom is 0.266 e. The molecule has 0 bridgehead atoms. The molecule has 0 aliphatic carbocycles. The molecule has 2 rings (SSSR count). The summed E-state index contributed by atoms with van der Waals surface area (Å²) in [6, 6.07) is 10.1. The topological polar surface area (TPSA) is 84.5 Å². The summed E-state index contributed by atoms with van der Waals surface area (Å²) in [6.07, 6.45) is 2.83. The standard InChI is InChI=1S/C16H14N2O4/c1-20-12-5-6-15(21-2)14(9-12)18-16(19)11(10-17)8-13-4-3-7-22-13/h3-9H,1-2H3,(H,18,19)/b11-8-. The fourth-order valence-electron chi connectivity index (χ4n) is 1.77. The van der Waals surface area contributed by atoms with Crippen LogP contribution >= 0.6 is 0 Å². The molecule has 1 heterocycles. The van der Waals surface area contributed by atoms with Crippen LogP contribution in [0.2, 0.25) is 0 Å². The van der Waals surface area contributed by atoms with Gasteiger partial charge in [-0.1, -0.05) is 0 Å². The molecule has 0 radical (unpaired) electrons. The summed E-state index contributed by atoms with van der Waals surface area (Å²) in [5.74, 6) is 0.879. The Balaban J connectivity index is 2.26. The highest BCUT2D eigenvalue weighted by Gasteiger charge is 2.13. The van der Waals surface area contributed by atoms with Crippen LogP contribution in [0.3, 0.4) is 0 Å². The van der Waals surface area contributed by atoms with E-state index >= 15 is 0 Å². The highest BCUT2D eigenvalue weighted by molar-refractivity contribution is 6.10. The van der Waals surface area contributed by atoms with Crippen LogP contribution in [0, 0.1) is 11.3 Å². The van der Waals surface area contributed by atoms with Crippen LogP contribution < -0.4 is 14.8 Å². The van der Waals surface area contributed by atoms with Gasteiger partial charge >= 0.3 is 0 Å². The maximum atomic E-state index is 12.2. The van der Waals surface area contributed by atoms with Crippen LogP contribution in [-0.4, -0.2) is 20.1 Å². The Morgan fingerprint density at radius 1 is 1.32 bits per heavy atom. The smallest absolute Gasteiger partial charge is 0.266 e. The van der Waals surface area contributed by atoms with Crippen LogP contribution in [-0.2, 0) is 4.79 Å². The lowest BCUT2D eigenvalue weighted by molar-refractivity contribution is -0.112. The van der Waals surface area contributed by atoms with E-state index in [1.807, 2.05) is 6.07 Å². The lowest BCUT2D eigenvalue weighted by atomic mass is 10.2. The number of carbonyl (C=O) groups excluding carboxylic acids is 1. The molecule has 0 aliphatic heterocycles. The monoisotopic (exact) mass is 298 g/mol. The Morgan fingerprint density at radius 3 is 2.73 bits per heavy atom. The number of anilines is 1. The molecule has 0 atom stereocenters. The van der Waals surface area contributed by atoms with Crippen LogP contribution in [0.5, 0.6) is 11.5 Å². The Labute approximate surface area is 127 Å². The van der Waals surface area contributed by atoms with Crippen molar-refractivity contribution >= 4 is 17.7 Å². The fourth-order valence-corrected chi connectivity index (χ4v) is 1.77. The number of methoxy groups -OCH3 is 2. The van der Waals surface area contributed by atoms with Crippen molar-refractivity contribution in [3.63, 3.8) is 0 Å². The molecule has 0 fully saturated rings. The molecule has 0 saturated carbocycles. The van der Waals surface area contributed by atoms with E-state index in [1.54, 1.807) is 30.3 Å². The van der Waals surface area contributed by atoms with Gasteiger partial charge in [0.15, 0.2) is 0 Å². The van der Waals surface area contributed by atoms with E-state index in [1.165, 1.54) is 26.6 Å². The number of amides is 1. The zero-order chi connectivity index (χ0) is 15.9. The summed E-state index contributed by atoms with van der Waals surface area (Å²) in [7, 11) is 3.01. The molecule has 0 saturated heterocycles. The molecule has 1 amide bonds. The Morgan fingerprint density at radius 2 is 2.14 bits per heavy atom. The van der Waals surface area contributed by atoms with Crippen molar-refractivity contribution in [2.45, 2.75) is 0 Å². The summed E-state index contributed by atoms with van der Waals surface area (Å²) in [5, 5.41) is 11.7. The molecule has 112 valence electrons. The Hall–Kier alpha value is -3.20. The molecule has 1 aromatic carbocycles. The van der Waals surface area contributed by atoms with Gasteiger partial charge in [0.1, 0.15) is 28.9 Å². The second-order valence-corrected chi connectivity index (χ2v) is 4.21. The number of hydrogen-bond donors (Lipinski definition) is 1. The van der Waals surface area contributed by atoms with Crippen molar-refractivity contribution < 1.29 is 18.7 Å². The minimum Gasteiger partial charge on any atom is -0.497 e. The van der Waals surface area contributed by atoms with E-state index in [9.17, 15) is 4.79 Å². The van der Waals surface area contributed by atoms with Gasteiger partial charge in [-0.05, 0) is 24.3 Å². The number of carbonyl (C=O) groups is 1. The largest absolute Gasteiger partial charge is 0.497 e. The average molecular weight is 298 g/mol. The van der Waals surface area contributed by atoms with E-state index in [0.29, 0.717) is 22.9 Å². The van der Waals surface area contributed by atoms with Gasteiger partial charge < -0.3 is 19.2 Å². The Kier molecular flexibility index (Phi) is 4.83. The lowest BCUT2D eigenvalue weighted by Gasteiger charge is -2.11. The number of furan rings is 1. The fraction of sp³-hybridized carbons (Fsp3) is 0.125. The van der Waals surface area contributed by atoms with Gasteiger partial charge in [0.2, 0.25) is 0 Å². The number of nitrogens with one attached hydrogen (secondary N) is 1. The maximum absolute atomic E-state index is 12.2. The minimum atomic E-state index is -0.564. The number of rotatable bonds is 5. The average Bonchev–Trinajstić information content (AvgIpc) is 3.05. The molecule has 0 aliphatic rings. The number of ether oxygens (including phenoxy) is 2. The summed E-state index contributed by atoms with van der Waals surface area (Å²) >= 11 is 0. The molecule has 0 unspecified atom stereocenters. The molecule has 6 heteroatoms. The van der Waals surface area contributed by atoms with Crippen molar-refractivity contribution in [3.05, 3.63) is 47.9 Å². The predicted molar refractivity (Wildman–Crippen MR) is 80.5 cm³/mol.